The van der Waals surface area contributed by atoms with Crippen molar-refractivity contribution in [3.63, 3.8) is 0 Å². The third-order valence-corrected chi connectivity index (χ3v) is 8.61. The van der Waals surface area contributed by atoms with Crippen molar-refractivity contribution >= 4 is 64.5 Å². The Kier molecular flexibility index (Phi) is 7.65. The first-order chi connectivity index (χ1) is 9.27. The normalized spacial score (nSPS) is 20.4. The van der Waals surface area contributed by atoms with Gasteiger partial charge in [-0.3, -0.25) is 0 Å². The lowest BCUT2D eigenvalue weighted by atomic mass is 10.1. The fourth-order valence-corrected chi connectivity index (χ4v) is 7.36. The molecule has 0 radical (unpaired) electrons. The second-order valence-corrected chi connectivity index (χ2v) is 10.0. The summed E-state index contributed by atoms with van der Waals surface area (Å²) in [5.74, 6) is 0. The molecule has 2 saturated heterocycles. The van der Waals surface area contributed by atoms with E-state index in [2.05, 4.69) is 9.80 Å². The quantitative estimate of drug-likeness (QED) is 0.524. The van der Waals surface area contributed by atoms with Crippen LogP contribution in [0.4, 0.5) is 0 Å². The van der Waals surface area contributed by atoms with Crippen LogP contribution in [0.15, 0.2) is 0 Å². The molecule has 0 aromatic rings. The largest absolute Gasteiger partial charge is 0.357 e. The molecule has 0 bridgehead atoms. The minimum Gasteiger partial charge on any atom is -0.357 e. The van der Waals surface area contributed by atoms with E-state index in [1.165, 1.54) is 38.5 Å². The first-order valence-corrected chi connectivity index (χ1v) is 11.2. The van der Waals surface area contributed by atoms with E-state index in [0.29, 0.717) is 0 Å². The number of hydrogen-bond acceptors (Lipinski definition) is 5. The van der Waals surface area contributed by atoms with Crippen molar-refractivity contribution in [2.75, 3.05) is 26.2 Å². The topological polar surface area (TPSA) is 6.48 Å². The van der Waals surface area contributed by atoms with Crippen molar-refractivity contribution in [2.45, 2.75) is 38.5 Å². The molecule has 0 saturated carbocycles. The van der Waals surface area contributed by atoms with Crippen LogP contribution in [-0.2, 0) is 0 Å². The molecule has 2 heterocycles. The molecule has 2 nitrogen and oxygen atoms in total. The molecule has 2 fully saturated rings. The predicted octanol–water partition coefficient (Wildman–Crippen LogP) is 4.56. The van der Waals surface area contributed by atoms with Crippen molar-refractivity contribution in [1.82, 2.24) is 9.80 Å². The Morgan fingerprint density at radius 1 is 0.632 bits per heavy atom. The number of hydrogen-bond donors (Lipinski definition) is 0. The van der Waals surface area contributed by atoms with E-state index in [-0.39, 0.29) is 0 Å². The first-order valence-electron chi connectivity index (χ1n) is 6.86. The zero-order valence-corrected chi connectivity index (χ0v) is 15.1. The fourth-order valence-electron chi connectivity index (χ4n) is 2.33. The first kappa shape index (κ1) is 16.2. The van der Waals surface area contributed by atoms with E-state index in [1.807, 2.05) is 0 Å². The summed E-state index contributed by atoms with van der Waals surface area (Å²) in [6.07, 6.45) is 7.83. The molecule has 2 rings (SSSR count). The summed E-state index contributed by atoms with van der Waals surface area (Å²) in [4.78, 5) is 4.67. The van der Waals surface area contributed by atoms with E-state index in [4.69, 9.17) is 24.4 Å². The van der Waals surface area contributed by atoms with Crippen LogP contribution in [-0.4, -0.2) is 44.6 Å². The van der Waals surface area contributed by atoms with E-state index in [1.54, 1.807) is 31.4 Å². The summed E-state index contributed by atoms with van der Waals surface area (Å²) in [5.41, 5.74) is 0. The molecule has 0 aliphatic carbocycles. The maximum Gasteiger partial charge on any atom is 0.147 e. The smallest absolute Gasteiger partial charge is 0.147 e. The molecule has 2 aliphatic heterocycles. The van der Waals surface area contributed by atoms with Crippen LogP contribution in [0.5, 0.6) is 0 Å². The lowest BCUT2D eigenvalue weighted by molar-refractivity contribution is 0.352. The molecule has 0 atom stereocenters. The standard InChI is InChI=1S/C12H20N2S5/c15-11(13-7-3-1-4-8-13)17-19-18-12(16)14-9-5-2-6-10-14/h1-10H2. The van der Waals surface area contributed by atoms with Gasteiger partial charge in [0.25, 0.3) is 0 Å². The predicted molar refractivity (Wildman–Crippen MR) is 98.8 cm³/mol. The Bertz CT molecular complexity index is 281. The Hall–Kier alpha value is 0.830. The van der Waals surface area contributed by atoms with Crippen LogP contribution < -0.4 is 0 Å². The van der Waals surface area contributed by atoms with Gasteiger partial charge in [-0.2, -0.15) is 0 Å². The van der Waals surface area contributed by atoms with Crippen LogP contribution in [0.1, 0.15) is 38.5 Å². The minimum atomic E-state index is 1.03. The van der Waals surface area contributed by atoms with Crippen LogP contribution >= 0.6 is 55.8 Å². The summed E-state index contributed by atoms with van der Waals surface area (Å²) in [5, 5.41) is 0. The zero-order valence-electron chi connectivity index (χ0n) is 11.0. The number of thiocarbonyl (C=S) groups is 2. The molecular formula is C12H20N2S5. The van der Waals surface area contributed by atoms with Crippen LogP contribution in [0, 0.1) is 0 Å². The van der Waals surface area contributed by atoms with Crippen molar-refractivity contribution in [2.24, 2.45) is 0 Å². The van der Waals surface area contributed by atoms with Crippen LogP contribution in [0.3, 0.4) is 0 Å². The monoisotopic (exact) mass is 352 g/mol. The van der Waals surface area contributed by atoms with Crippen molar-refractivity contribution < 1.29 is 0 Å². The second-order valence-electron chi connectivity index (χ2n) is 4.86. The minimum absolute atomic E-state index is 1.03. The highest BCUT2D eigenvalue weighted by atomic mass is 33.5. The summed E-state index contributed by atoms with van der Waals surface area (Å²) in [6.45, 7) is 4.53. The Labute approximate surface area is 138 Å². The Morgan fingerprint density at radius 3 is 1.37 bits per heavy atom. The average molecular weight is 353 g/mol. The number of piperidine rings is 2. The van der Waals surface area contributed by atoms with Gasteiger partial charge in [0.2, 0.25) is 0 Å². The molecule has 0 spiro atoms. The Morgan fingerprint density at radius 2 is 1.00 bits per heavy atom. The third kappa shape index (κ3) is 5.61. The van der Waals surface area contributed by atoms with Crippen molar-refractivity contribution in [3.05, 3.63) is 0 Å². The summed E-state index contributed by atoms with van der Waals surface area (Å²) < 4.78 is 2.05. The van der Waals surface area contributed by atoms with E-state index >= 15 is 0 Å². The lowest BCUT2D eigenvalue weighted by Gasteiger charge is -2.29. The van der Waals surface area contributed by atoms with Gasteiger partial charge in [-0.1, -0.05) is 24.4 Å². The molecule has 0 aromatic carbocycles. The SMILES string of the molecule is S=C(SSSC(=S)N1CCCCC1)N1CCCCC1. The molecule has 108 valence electrons. The number of likely N-dealkylation sites (tertiary alicyclic amines) is 2. The molecule has 0 unspecified atom stereocenters. The maximum atomic E-state index is 5.48. The van der Waals surface area contributed by atoms with Gasteiger partial charge in [0.15, 0.2) is 0 Å². The van der Waals surface area contributed by atoms with Crippen LogP contribution in [0.2, 0.25) is 0 Å². The summed E-state index contributed by atoms with van der Waals surface area (Å²) >= 11 is 11.0. The lowest BCUT2D eigenvalue weighted by Crippen LogP contribution is -2.32. The fraction of sp³-hybridized carbons (Fsp3) is 0.833. The number of nitrogens with zero attached hydrogens (tertiary/aromatic N) is 2. The van der Waals surface area contributed by atoms with E-state index < -0.39 is 0 Å². The van der Waals surface area contributed by atoms with Gasteiger partial charge in [0.1, 0.15) is 8.64 Å². The van der Waals surface area contributed by atoms with Gasteiger partial charge < -0.3 is 9.80 Å². The van der Waals surface area contributed by atoms with E-state index in [0.717, 1.165) is 34.8 Å². The van der Waals surface area contributed by atoms with Gasteiger partial charge in [-0.25, -0.2) is 0 Å². The second kappa shape index (κ2) is 8.97. The van der Waals surface area contributed by atoms with Gasteiger partial charge in [0.05, 0.1) is 0 Å². The molecule has 2 aliphatic rings. The molecule has 7 heteroatoms. The maximum absolute atomic E-state index is 5.48. The summed E-state index contributed by atoms with van der Waals surface area (Å²) in [6, 6.07) is 0. The molecule has 0 amide bonds. The molecule has 0 aromatic heterocycles. The van der Waals surface area contributed by atoms with Crippen LogP contribution in [0.25, 0.3) is 0 Å². The Balaban J connectivity index is 1.62. The number of rotatable bonds is 2. The highest BCUT2D eigenvalue weighted by Gasteiger charge is 2.17. The average Bonchev–Trinajstić information content (AvgIpc) is 2.49. The summed E-state index contributed by atoms with van der Waals surface area (Å²) in [7, 11) is 5.12. The van der Waals surface area contributed by atoms with Gasteiger partial charge >= 0.3 is 0 Å². The molecule has 0 N–H and O–H groups in total. The highest BCUT2D eigenvalue weighted by molar-refractivity contribution is 9.15. The highest BCUT2D eigenvalue weighted by Crippen LogP contribution is 2.39. The third-order valence-electron chi connectivity index (χ3n) is 3.44. The van der Waals surface area contributed by atoms with Crippen molar-refractivity contribution in [1.29, 1.82) is 0 Å². The molecular weight excluding hydrogens is 332 g/mol. The van der Waals surface area contributed by atoms with Crippen molar-refractivity contribution in [3.8, 4) is 0 Å². The zero-order chi connectivity index (χ0) is 13.5. The van der Waals surface area contributed by atoms with Gasteiger partial charge in [-0.15, -0.1) is 0 Å². The molecule has 19 heavy (non-hydrogen) atoms. The van der Waals surface area contributed by atoms with Gasteiger partial charge in [-0.05, 0) is 69.9 Å². The van der Waals surface area contributed by atoms with E-state index in [9.17, 15) is 0 Å². The van der Waals surface area contributed by atoms with Gasteiger partial charge in [0, 0.05) is 26.2 Å².